The van der Waals surface area contributed by atoms with E-state index >= 15 is 0 Å². The van der Waals surface area contributed by atoms with Crippen LogP contribution in [-0.4, -0.2) is 10.1 Å². The summed E-state index contributed by atoms with van der Waals surface area (Å²) in [6.45, 7) is 0. The molecule has 1 aromatic heterocycles. The van der Waals surface area contributed by atoms with Gasteiger partial charge in [-0.15, -0.1) is 0 Å². The zero-order valence-corrected chi connectivity index (χ0v) is 12.3. The van der Waals surface area contributed by atoms with Gasteiger partial charge in [-0.25, -0.2) is 4.79 Å². The molecule has 0 aliphatic heterocycles. The third-order valence-electron chi connectivity index (χ3n) is 3.94. The van der Waals surface area contributed by atoms with Crippen molar-refractivity contribution in [2.45, 2.75) is 38.0 Å². The molecular formula is C16H16ClNO3. The normalized spacial score (nSPS) is 16.0. The first kappa shape index (κ1) is 14.1. The van der Waals surface area contributed by atoms with Crippen molar-refractivity contribution in [2.24, 2.45) is 0 Å². The van der Waals surface area contributed by atoms with Crippen LogP contribution in [0.2, 0.25) is 5.02 Å². The maximum absolute atomic E-state index is 12.2. The average Bonchev–Trinajstić information content (AvgIpc) is 2.47. The third kappa shape index (κ3) is 2.95. The minimum Gasteiger partial charge on any atom is -0.493 e. The Labute approximate surface area is 127 Å². The molecule has 2 aromatic rings. The van der Waals surface area contributed by atoms with Gasteiger partial charge < -0.3 is 9.52 Å². The summed E-state index contributed by atoms with van der Waals surface area (Å²) in [5.41, 5.74) is 0.398. The van der Waals surface area contributed by atoms with Crippen molar-refractivity contribution >= 4 is 11.6 Å². The van der Waals surface area contributed by atoms with E-state index in [-0.39, 0.29) is 17.7 Å². The maximum Gasteiger partial charge on any atom is 0.346 e. The molecule has 0 atom stereocenters. The second kappa shape index (κ2) is 5.90. The van der Waals surface area contributed by atoms with Crippen LogP contribution in [0, 0.1) is 0 Å². The Morgan fingerprint density at radius 2 is 2.00 bits per heavy atom. The fourth-order valence-corrected chi connectivity index (χ4v) is 3.09. The molecule has 0 amide bonds. The van der Waals surface area contributed by atoms with E-state index in [0.29, 0.717) is 16.1 Å². The summed E-state index contributed by atoms with van der Waals surface area (Å²) in [6.07, 6.45) is 5.11. The van der Waals surface area contributed by atoms with Crippen molar-refractivity contribution in [3.05, 3.63) is 45.3 Å². The molecule has 21 heavy (non-hydrogen) atoms. The highest BCUT2D eigenvalue weighted by atomic mass is 35.5. The molecule has 5 heteroatoms. The minimum absolute atomic E-state index is 0.0518. The minimum atomic E-state index is -0.496. The predicted molar refractivity (Wildman–Crippen MR) is 80.7 cm³/mol. The molecule has 1 heterocycles. The Morgan fingerprint density at radius 3 is 2.67 bits per heavy atom. The molecule has 1 N–H and O–H groups in total. The molecule has 1 saturated carbocycles. The molecule has 1 aromatic carbocycles. The number of benzene rings is 1. The Bertz CT molecular complexity index is 705. The van der Waals surface area contributed by atoms with Gasteiger partial charge in [-0.05, 0) is 37.0 Å². The number of aromatic hydroxyl groups is 1. The summed E-state index contributed by atoms with van der Waals surface area (Å²) >= 11 is 5.92. The fraction of sp³-hybridized carbons (Fsp3) is 0.375. The molecule has 1 fully saturated rings. The number of hydrogen-bond acceptors (Lipinski definition) is 4. The summed E-state index contributed by atoms with van der Waals surface area (Å²) in [4.78, 5) is 16.3. The third-order valence-corrected chi connectivity index (χ3v) is 4.18. The number of hydrogen-bond donors (Lipinski definition) is 1. The lowest BCUT2D eigenvalue weighted by Gasteiger charge is -2.20. The van der Waals surface area contributed by atoms with Crippen LogP contribution in [0.15, 0.2) is 33.5 Å². The van der Waals surface area contributed by atoms with E-state index in [9.17, 15) is 9.90 Å². The first-order chi connectivity index (χ1) is 10.1. The quantitative estimate of drug-likeness (QED) is 0.907. The molecule has 0 radical (unpaired) electrons. The molecular weight excluding hydrogens is 290 g/mol. The zero-order valence-electron chi connectivity index (χ0n) is 11.5. The highest BCUT2D eigenvalue weighted by Crippen LogP contribution is 2.35. The molecule has 1 aliphatic carbocycles. The van der Waals surface area contributed by atoms with Crippen molar-refractivity contribution in [3.8, 4) is 17.3 Å². The monoisotopic (exact) mass is 305 g/mol. The number of aromatic nitrogens is 1. The Hall–Kier alpha value is -1.81. The van der Waals surface area contributed by atoms with Crippen molar-refractivity contribution < 1.29 is 9.52 Å². The number of halogens is 1. The lowest BCUT2D eigenvalue weighted by atomic mass is 9.85. The molecule has 3 rings (SSSR count). The second-order valence-corrected chi connectivity index (χ2v) is 5.83. The molecule has 0 unspecified atom stereocenters. The van der Waals surface area contributed by atoms with E-state index in [4.69, 9.17) is 16.0 Å². The van der Waals surface area contributed by atoms with Gasteiger partial charge in [-0.2, -0.15) is 4.98 Å². The zero-order chi connectivity index (χ0) is 14.8. The largest absolute Gasteiger partial charge is 0.493 e. The highest BCUT2D eigenvalue weighted by molar-refractivity contribution is 6.30. The van der Waals surface area contributed by atoms with Crippen LogP contribution in [0.4, 0.5) is 0 Å². The van der Waals surface area contributed by atoms with E-state index < -0.39 is 5.63 Å². The van der Waals surface area contributed by atoms with Gasteiger partial charge in [0.2, 0.25) is 11.8 Å². The molecule has 0 bridgehead atoms. The van der Waals surface area contributed by atoms with Crippen molar-refractivity contribution in [3.63, 3.8) is 0 Å². The van der Waals surface area contributed by atoms with Gasteiger partial charge in [-0.1, -0.05) is 36.9 Å². The van der Waals surface area contributed by atoms with Gasteiger partial charge in [0, 0.05) is 10.6 Å². The van der Waals surface area contributed by atoms with Crippen LogP contribution in [0.1, 0.15) is 43.6 Å². The first-order valence-corrected chi connectivity index (χ1v) is 7.53. The van der Waals surface area contributed by atoms with E-state index in [0.717, 1.165) is 25.7 Å². The summed E-state index contributed by atoms with van der Waals surface area (Å²) in [5.74, 6) is -0.0661. The summed E-state index contributed by atoms with van der Waals surface area (Å²) < 4.78 is 5.30. The standard InChI is InChI=1S/C16H16ClNO3/c17-12-8-4-7-11(9-12)15-18-14(19)13(16(20)21-15)10-5-2-1-3-6-10/h4,7-10,19H,1-3,5-6H2. The van der Waals surface area contributed by atoms with Crippen molar-refractivity contribution in [1.29, 1.82) is 0 Å². The number of nitrogens with zero attached hydrogens (tertiary/aromatic N) is 1. The smallest absolute Gasteiger partial charge is 0.346 e. The Kier molecular flexibility index (Phi) is 3.97. The molecule has 110 valence electrons. The molecule has 0 saturated heterocycles. The van der Waals surface area contributed by atoms with Crippen LogP contribution >= 0.6 is 11.6 Å². The van der Waals surface area contributed by atoms with Gasteiger partial charge in [0.05, 0.1) is 0 Å². The topological polar surface area (TPSA) is 63.3 Å². The van der Waals surface area contributed by atoms with Gasteiger partial charge in [0.15, 0.2) is 0 Å². The maximum atomic E-state index is 12.2. The SMILES string of the molecule is O=c1oc(-c2cccc(Cl)c2)nc(O)c1C1CCCCC1. The molecule has 1 aliphatic rings. The summed E-state index contributed by atoms with van der Waals surface area (Å²) in [6, 6.07) is 6.84. The van der Waals surface area contributed by atoms with Gasteiger partial charge in [0.25, 0.3) is 0 Å². The van der Waals surface area contributed by atoms with E-state index in [1.165, 1.54) is 6.42 Å². The fourth-order valence-electron chi connectivity index (χ4n) is 2.90. The molecule has 0 spiro atoms. The average molecular weight is 306 g/mol. The van der Waals surface area contributed by atoms with Crippen LogP contribution in [0.25, 0.3) is 11.5 Å². The van der Waals surface area contributed by atoms with Crippen LogP contribution < -0.4 is 5.63 Å². The van der Waals surface area contributed by atoms with E-state index in [1.807, 2.05) is 0 Å². The van der Waals surface area contributed by atoms with Crippen LogP contribution in [0.3, 0.4) is 0 Å². The van der Waals surface area contributed by atoms with Crippen molar-refractivity contribution in [2.75, 3.05) is 0 Å². The van der Waals surface area contributed by atoms with Crippen LogP contribution in [0.5, 0.6) is 5.88 Å². The number of rotatable bonds is 2. The summed E-state index contributed by atoms with van der Waals surface area (Å²) in [5, 5.41) is 10.7. The Balaban J connectivity index is 2.01. The van der Waals surface area contributed by atoms with E-state index in [2.05, 4.69) is 4.98 Å². The van der Waals surface area contributed by atoms with E-state index in [1.54, 1.807) is 24.3 Å². The second-order valence-electron chi connectivity index (χ2n) is 5.39. The predicted octanol–water partition coefficient (Wildman–Crippen LogP) is 4.11. The summed E-state index contributed by atoms with van der Waals surface area (Å²) in [7, 11) is 0. The first-order valence-electron chi connectivity index (χ1n) is 7.15. The molecule has 4 nitrogen and oxygen atoms in total. The van der Waals surface area contributed by atoms with Crippen molar-refractivity contribution in [1.82, 2.24) is 4.98 Å². The lowest BCUT2D eigenvalue weighted by Crippen LogP contribution is -2.16. The Morgan fingerprint density at radius 1 is 1.24 bits per heavy atom. The highest BCUT2D eigenvalue weighted by Gasteiger charge is 2.24. The van der Waals surface area contributed by atoms with Gasteiger partial charge in [0.1, 0.15) is 5.56 Å². The van der Waals surface area contributed by atoms with Gasteiger partial charge >= 0.3 is 5.63 Å². The van der Waals surface area contributed by atoms with Gasteiger partial charge in [-0.3, -0.25) is 0 Å². The van der Waals surface area contributed by atoms with Crippen LogP contribution in [-0.2, 0) is 0 Å². The lowest BCUT2D eigenvalue weighted by molar-refractivity contribution is 0.371.